The Bertz CT molecular complexity index is 371. The summed E-state index contributed by atoms with van der Waals surface area (Å²) in [5.41, 5.74) is 9.21. The lowest BCUT2D eigenvalue weighted by atomic mass is 10.1. The lowest BCUT2D eigenvalue weighted by molar-refractivity contribution is 0.788. The molecule has 0 saturated carbocycles. The summed E-state index contributed by atoms with van der Waals surface area (Å²) in [6, 6.07) is 4.14. The van der Waals surface area contributed by atoms with Crippen molar-refractivity contribution in [2.45, 2.75) is 19.9 Å². The fourth-order valence-corrected chi connectivity index (χ4v) is 1.91. The molecule has 0 bridgehead atoms. The lowest BCUT2D eigenvalue weighted by Gasteiger charge is -2.28. The van der Waals surface area contributed by atoms with Crippen molar-refractivity contribution in [2.75, 3.05) is 18.0 Å². The van der Waals surface area contributed by atoms with Gasteiger partial charge in [-0.15, -0.1) is 0 Å². The molecular weight excluding hydrogens is 186 g/mol. The summed E-state index contributed by atoms with van der Waals surface area (Å²) >= 11 is 0. The van der Waals surface area contributed by atoms with E-state index in [2.05, 4.69) is 35.0 Å². The monoisotopic (exact) mass is 203 g/mol. The van der Waals surface area contributed by atoms with Crippen LogP contribution in [0.1, 0.15) is 19.0 Å². The van der Waals surface area contributed by atoms with Crippen LogP contribution < -0.4 is 10.6 Å². The fraction of sp³-hybridized carbons (Fsp3) is 0.417. The molecule has 0 fully saturated rings. The van der Waals surface area contributed by atoms with Crippen molar-refractivity contribution in [1.82, 2.24) is 4.98 Å². The van der Waals surface area contributed by atoms with Gasteiger partial charge in [-0.05, 0) is 25.5 Å². The molecule has 0 radical (unpaired) electrons. The van der Waals surface area contributed by atoms with E-state index in [9.17, 15) is 0 Å². The molecule has 2 N–H and O–H groups in total. The number of rotatable bonds is 2. The smallest absolute Gasteiger partial charge is 0.0560 e. The molecule has 2 heterocycles. The number of nitrogens with zero attached hydrogens (tertiary/aromatic N) is 2. The van der Waals surface area contributed by atoms with E-state index in [1.807, 2.05) is 6.20 Å². The Balaban J connectivity index is 2.18. The Kier molecular flexibility index (Phi) is 3.02. The maximum atomic E-state index is 5.58. The van der Waals surface area contributed by atoms with Gasteiger partial charge in [0, 0.05) is 31.5 Å². The number of nitrogens with two attached hydrogens (primary N) is 1. The zero-order valence-corrected chi connectivity index (χ0v) is 9.11. The first-order valence-corrected chi connectivity index (χ1v) is 5.35. The van der Waals surface area contributed by atoms with Crippen LogP contribution >= 0.6 is 0 Å². The Morgan fingerprint density at radius 3 is 3.13 bits per heavy atom. The molecule has 1 aliphatic heterocycles. The predicted molar refractivity (Wildman–Crippen MR) is 62.7 cm³/mol. The van der Waals surface area contributed by atoms with Gasteiger partial charge in [-0.1, -0.05) is 11.6 Å². The standard InChI is InChI=1S/C12H17N3/c1-10-3-2-6-15(9-10)12-4-5-14-11(7-12)8-13/h3-5,7H,2,6,8-9,13H2,1H3. The summed E-state index contributed by atoms with van der Waals surface area (Å²) in [6.07, 6.45) is 5.28. The van der Waals surface area contributed by atoms with Crippen LogP contribution in [0.5, 0.6) is 0 Å². The van der Waals surface area contributed by atoms with Crippen molar-refractivity contribution in [1.29, 1.82) is 0 Å². The van der Waals surface area contributed by atoms with Gasteiger partial charge in [-0.3, -0.25) is 4.98 Å². The summed E-state index contributed by atoms with van der Waals surface area (Å²) in [4.78, 5) is 6.58. The maximum absolute atomic E-state index is 5.58. The summed E-state index contributed by atoms with van der Waals surface area (Å²) < 4.78 is 0. The van der Waals surface area contributed by atoms with Gasteiger partial charge >= 0.3 is 0 Å². The number of aromatic nitrogens is 1. The van der Waals surface area contributed by atoms with Crippen LogP contribution in [0.2, 0.25) is 0 Å². The molecule has 0 aromatic carbocycles. The van der Waals surface area contributed by atoms with Crippen LogP contribution in [0.3, 0.4) is 0 Å². The van der Waals surface area contributed by atoms with Crippen LogP contribution in [0.15, 0.2) is 30.0 Å². The van der Waals surface area contributed by atoms with E-state index in [0.717, 1.165) is 25.2 Å². The highest BCUT2D eigenvalue weighted by Gasteiger charge is 2.10. The van der Waals surface area contributed by atoms with Crippen LogP contribution in [0, 0.1) is 0 Å². The highest BCUT2D eigenvalue weighted by molar-refractivity contribution is 5.48. The van der Waals surface area contributed by atoms with Gasteiger partial charge in [-0.25, -0.2) is 0 Å². The summed E-state index contributed by atoms with van der Waals surface area (Å²) in [7, 11) is 0. The largest absolute Gasteiger partial charge is 0.367 e. The van der Waals surface area contributed by atoms with Gasteiger partial charge in [0.2, 0.25) is 0 Å². The second-order valence-corrected chi connectivity index (χ2v) is 3.97. The molecule has 80 valence electrons. The number of anilines is 1. The van der Waals surface area contributed by atoms with Crippen molar-refractivity contribution in [3.05, 3.63) is 35.7 Å². The molecular formula is C12H17N3. The summed E-state index contributed by atoms with van der Waals surface area (Å²) in [5, 5.41) is 0. The van der Waals surface area contributed by atoms with Gasteiger partial charge in [0.25, 0.3) is 0 Å². The Hall–Kier alpha value is -1.35. The molecule has 0 atom stereocenters. The third-order valence-electron chi connectivity index (χ3n) is 2.71. The molecule has 0 saturated heterocycles. The van der Waals surface area contributed by atoms with E-state index in [0.29, 0.717) is 6.54 Å². The van der Waals surface area contributed by atoms with E-state index in [1.165, 1.54) is 11.3 Å². The van der Waals surface area contributed by atoms with E-state index in [4.69, 9.17) is 5.73 Å². The molecule has 0 spiro atoms. The van der Waals surface area contributed by atoms with Crippen LogP contribution in [-0.4, -0.2) is 18.1 Å². The molecule has 0 unspecified atom stereocenters. The zero-order valence-electron chi connectivity index (χ0n) is 9.11. The maximum Gasteiger partial charge on any atom is 0.0560 e. The van der Waals surface area contributed by atoms with E-state index in [-0.39, 0.29) is 0 Å². The molecule has 1 aromatic rings. The minimum atomic E-state index is 0.510. The van der Waals surface area contributed by atoms with Crippen molar-refractivity contribution in [3.63, 3.8) is 0 Å². The van der Waals surface area contributed by atoms with E-state index >= 15 is 0 Å². The third-order valence-corrected chi connectivity index (χ3v) is 2.71. The highest BCUT2D eigenvalue weighted by atomic mass is 15.1. The summed E-state index contributed by atoms with van der Waals surface area (Å²) in [5.74, 6) is 0. The van der Waals surface area contributed by atoms with Crippen LogP contribution in [0.25, 0.3) is 0 Å². The SMILES string of the molecule is CC1=CCCN(c2ccnc(CN)c2)C1. The zero-order chi connectivity index (χ0) is 10.7. The van der Waals surface area contributed by atoms with Crippen molar-refractivity contribution in [3.8, 4) is 0 Å². The molecule has 15 heavy (non-hydrogen) atoms. The predicted octanol–water partition coefficient (Wildman–Crippen LogP) is 1.70. The number of pyridine rings is 1. The summed E-state index contributed by atoms with van der Waals surface area (Å²) in [6.45, 7) is 4.80. The Labute approximate surface area is 90.6 Å². The molecule has 3 heteroatoms. The normalized spacial score (nSPS) is 16.4. The number of hydrogen-bond acceptors (Lipinski definition) is 3. The number of hydrogen-bond donors (Lipinski definition) is 1. The molecule has 1 aromatic heterocycles. The first-order valence-electron chi connectivity index (χ1n) is 5.35. The first-order chi connectivity index (χ1) is 7.29. The third kappa shape index (κ3) is 2.36. The van der Waals surface area contributed by atoms with E-state index in [1.54, 1.807) is 0 Å². The molecule has 2 rings (SSSR count). The van der Waals surface area contributed by atoms with Crippen LogP contribution in [0.4, 0.5) is 5.69 Å². The van der Waals surface area contributed by atoms with Crippen LogP contribution in [-0.2, 0) is 6.54 Å². The van der Waals surface area contributed by atoms with E-state index < -0.39 is 0 Å². The molecule has 1 aliphatic rings. The second-order valence-electron chi connectivity index (χ2n) is 3.97. The molecule has 0 aliphatic carbocycles. The topological polar surface area (TPSA) is 42.2 Å². The second kappa shape index (κ2) is 4.45. The van der Waals surface area contributed by atoms with Gasteiger partial charge in [-0.2, -0.15) is 0 Å². The lowest BCUT2D eigenvalue weighted by Crippen LogP contribution is -2.29. The van der Waals surface area contributed by atoms with Gasteiger partial charge in [0.05, 0.1) is 5.69 Å². The minimum Gasteiger partial charge on any atom is -0.367 e. The quantitative estimate of drug-likeness (QED) is 0.744. The minimum absolute atomic E-state index is 0.510. The van der Waals surface area contributed by atoms with Crippen molar-refractivity contribution >= 4 is 5.69 Å². The average Bonchev–Trinajstić information content (AvgIpc) is 2.29. The van der Waals surface area contributed by atoms with Crippen molar-refractivity contribution in [2.24, 2.45) is 5.73 Å². The first kappa shape index (κ1) is 10.2. The van der Waals surface area contributed by atoms with Gasteiger partial charge in [0.1, 0.15) is 0 Å². The molecule has 3 nitrogen and oxygen atoms in total. The molecule has 0 amide bonds. The highest BCUT2D eigenvalue weighted by Crippen LogP contribution is 2.19. The Morgan fingerprint density at radius 2 is 2.40 bits per heavy atom. The fourth-order valence-electron chi connectivity index (χ4n) is 1.91. The van der Waals surface area contributed by atoms with Gasteiger partial charge in [0.15, 0.2) is 0 Å². The Morgan fingerprint density at radius 1 is 1.53 bits per heavy atom. The van der Waals surface area contributed by atoms with Gasteiger partial charge < -0.3 is 10.6 Å². The van der Waals surface area contributed by atoms with Crippen molar-refractivity contribution < 1.29 is 0 Å². The average molecular weight is 203 g/mol.